The Bertz CT molecular complexity index is 653. The van der Waals surface area contributed by atoms with E-state index >= 15 is 0 Å². The van der Waals surface area contributed by atoms with Crippen LogP contribution in [0.3, 0.4) is 0 Å². The van der Waals surface area contributed by atoms with E-state index in [-0.39, 0.29) is 6.61 Å². The highest BCUT2D eigenvalue weighted by Gasteiger charge is 2.26. The quantitative estimate of drug-likeness (QED) is 0.795. The molecule has 0 aliphatic carbocycles. The lowest BCUT2D eigenvalue weighted by Crippen LogP contribution is -2.35. The van der Waals surface area contributed by atoms with Gasteiger partial charge in [0, 0.05) is 45.6 Å². The molecule has 1 aliphatic rings. The van der Waals surface area contributed by atoms with Crippen LogP contribution < -0.4 is 0 Å². The monoisotopic (exact) mass is 334 g/mol. The summed E-state index contributed by atoms with van der Waals surface area (Å²) in [6.45, 7) is 4.28. The van der Waals surface area contributed by atoms with Crippen LogP contribution in [0.5, 0.6) is 0 Å². The number of hydrogen-bond donors (Lipinski definition) is 1. The number of aliphatic hydroxyl groups is 1. The molecule has 1 aliphatic heterocycles. The minimum atomic E-state index is -0.0726. The molecule has 2 aromatic rings. The first-order chi connectivity index (χ1) is 11.7. The van der Waals surface area contributed by atoms with E-state index in [0.717, 1.165) is 50.7 Å². The summed E-state index contributed by atoms with van der Waals surface area (Å²) in [5.41, 5.74) is 0. The highest BCUT2D eigenvalue weighted by molar-refractivity contribution is 5.04. The van der Waals surface area contributed by atoms with Crippen LogP contribution in [0.25, 0.3) is 0 Å². The number of aromatic nitrogens is 5. The lowest BCUT2D eigenvalue weighted by atomic mass is 9.97. The van der Waals surface area contributed by atoms with E-state index < -0.39 is 0 Å². The van der Waals surface area contributed by atoms with Crippen molar-refractivity contribution in [3.8, 4) is 0 Å². The molecule has 1 saturated heterocycles. The van der Waals surface area contributed by atoms with Crippen molar-refractivity contribution in [2.75, 3.05) is 26.8 Å². The molecule has 0 aromatic carbocycles. The Balaban J connectivity index is 1.65. The van der Waals surface area contributed by atoms with Gasteiger partial charge in [-0.3, -0.25) is 4.90 Å². The number of aliphatic hydroxyl groups excluding tert-OH is 1. The molecule has 8 heteroatoms. The largest absolute Gasteiger partial charge is 0.388 e. The van der Waals surface area contributed by atoms with Crippen LogP contribution in [0.2, 0.25) is 0 Å². The summed E-state index contributed by atoms with van der Waals surface area (Å²) in [7, 11) is 3.64. The van der Waals surface area contributed by atoms with Crippen LogP contribution in [0, 0.1) is 0 Å². The van der Waals surface area contributed by atoms with Crippen LogP contribution in [0.4, 0.5) is 0 Å². The average Bonchev–Trinajstić information content (AvgIpc) is 3.19. The fourth-order valence-electron chi connectivity index (χ4n) is 3.36. The molecule has 0 radical (unpaired) electrons. The molecule has 132 valence electrons. The van der Waals surface area contributed by atoms with Gasteiger partial charge in [-0.2, -0.15) is 0 Å². The highest BCUT2D eigenvalue weighted by Crippen LogP contribution is 2.26. The maximum Gasteiger partial charge on any atom is 0.158 e. The van der Waals surface area contributed by atoms with Crippen LogP contribution in [0.15, 0.2) is 12.4 Å². The van der Waals surface area contributed by atoms with Gasteiger partial charge in [-0.1, -0.05) is 0 Å². The van der Waals surface area contributed by atoms with Gasteiger partial charge in [0.05, 0.1) is 13.2 Å². The van der Waals surface area contributed by atoms with Gasteiger partial charge in [-0.15, -0.1) is 10.2 Å². The zero-order chi connectivity index (χ0) is 16.9. The molecule has 8 nitrogen and oxygen atoms in total. The predicted octanol–water partition coefficient (Wildman–Crippen LogP) is 0.530. The Kier molecular flexibility index (Phi) is 5.60. The molecule has 3 heterocycles. The van der Waals surface area contributed by atoms with E-state index in [1.165, 1.54) is 0 Å². The molecule has 1 N–H and O–H groups in total. The van der Waals surface area contributed by atoms with Crippen molar-refractivity contribution < 1.29 is 9.84 Å². The summed E-state index contributed by atoms with van der Waals surface area (Å²) in [6.07, 6.45) is 6.09. The van der Waals surface area contributed by atoms with Gasteiger partial charge in [0.2, 0.25) is 0 Å². The zero-order valence-corrected chi connectivity index (χ0v) is 14.4. The number of likely N-dealkylation sites (tertiary alicyclic amines) is 1. The molecule has 24 heavy (non-hydrogen) atoms. The molecule has 1 fully saturated rings. The van der Waals surface area contributed by atoms with Crippen LogP contribution in [0.1, 0.15) is 36.2 Å². The average molecular weight is 334 g/mol. The number of piperidine rings is 1. The summed E-state index contributed by atoms with van der Waals surface area (Å²) in [4.78, 5) is 6.92. The number of ether oxygens (including phenoxy) is 1. The second-order valence-corrected chi connectivity index (χ2v) is 6.30. The molecule has 0 bridgehead atoms. The summed E-state index contributed by atoms with van der Waals surface area (Å²) in [5, 5.41) is 17.7. The predicted molar refractivity (Wildman–Crippen MR) is 88.3 cm³/mol. The summed E-state index contributed by atoms with van der Waals surface area (Å²) < 4.78 is 9.24. The fraction of sp³-hybridized carbons (Fsp3) is 0.688. The van der Waals surface area contributed by atoms with Crippen molar-refractivity contribution in [1.82, 2.24) is 29.2 Å². The molecule has 0 unspecified atom stereocenters. The lowest BCUT2D eigenvalue weighted by molar-refractivity contribution is 0.174. The first-order valence-corrected chi connectivity index (χ1v) is 8.43. The molecule has 1 atom stereocenters. The minimum absolute atomic E-state index is 0.0726. The SMILES string of the molecule is COCCn1ccnc1CN1CCC[C@@H](c2nnc(CO)n2C)C1. The van der Waals surface area contributed by atoms with Gasteiger partial charge in [0.1, 0.15) is 18.3 Å². The number of imidazole rings is 1. The van der Waals surface area contributed by atoms with Gasteiger partial charge in [-0.05, 0) is 19.4 Å². The highest BCUT2D eigenvalue weighted by atomic mass is 16.5. The Morgan fingerprint density at radius 3 is 2.96 bits per heavy atom. The van der Waals surface area contributed by atoms with Crippen LogP contribution >= 0.6 is 0 Å². The third-order valence-corrected chi connectivity index (χ3v) is 4.71. The standard InChI is InChI=1S/C16H26N6O2/c1-20-15(12-23)18-19-16(20)13-4-3-6-21(10-13)11-14-17-5-7-22(14)8-9-24-2/h5,7,13,23H,3-4,6,8-12H2,1-2H3/t13-/m1/s1. The molecule has 0 spiro atoms. The van der Waals surface area contributed by atoms with E-state index in [1.54, 1.807) is 7.11 Å². The summed E-state index contributed by atoms with van der Waals surface area (Å²) in [5.74, 6) is 3.00. The molecular formula is C16H26N6O2. The van der Waals surface area contributed by atoms with Crippen molar-refractivity contribution in [2.24, 2.45) is 7.05 Å². The van der Waals surface area contributed by atoms with Gasteiger partial charge >= 0.3 is 0 Å². The van der Waals surface area contributed by atoms with Crippen molar-refractivity contribution in [3.05, 3.63) is 29.9 Å². The number of methoxy groups -OCH3 is 1. The van der Waals surface area contributed by atoms with Crippen LogP contribution in [-0.4, -0.2) is 61.1 Å². The zero-order valence-electron chi connectivity index (χ0n) is 14.4. The maximum absolute atomic E-state index is 9.30. The topological polar surface area (TPSA) is 81.2 Å². The van der Waals surface area contributed by atoms with Crippen molar-refractivity contribution in [2.45, 2.75) is 38.5 Å². The Morgan fingerprint density at radius 1 is 1.33 bits per heavy atom. The maximum atomic E-state index is 9.30. The van der Waals surface area contributed by atoms with E-state index in [1.807, 2.05) is 24.0 Å². The van der Waals surface area contributed by atoms with E-state index in [0.29, 0.717) is 18.3 Å². The molecular weight excluding hydrogens is 308 g/mol. The summed E-state index contributed by atoms with van der Waals surface area (Å²) in [6, 6.07) is 0. The molecule has 3 rings (SSSR count). The van der Waals surface area contributed by atoms with Crippen molar-refractivity contribution in [1.29, 1.82) is 0 Å². The second kappa shape index (κ2) is 7.87. The second-order valence-electron chi connectivity index (χ2n) is 6.30. The van der Waals surface area contributed by atoms with Crippen LogP contribution in [-0.2, 0) is 31.5 Å². The number of rotatable bonds is 7. The molecule has 2 aromatic heterocycles. The normalized spacial score (nSPS) is 19.0. The van der Waals surface area contributed by atoms with E-state index in [4.69, 9.17) is 4.74 Å². The Labute approximate surface area is 142 Å². The van der Waals surface area contributed by atoms with E-state index in [9.17, 15) is 5.11 Å². The van der Waals surface area contributed by atoms with Crippen molar-refractivity contribution >= 4 is 0 Å². The Hall–Kier alpha value is -1.77. The van der Waals surface area contributed by atoms with E-state index in [2.05, 4.69) is 24.6 Å². The number of hydrogen-bond acceptors (Lipinski definition) is 6. The minimum Gasteiger partial charge on any atom is -0.388 e. The van der Waals surface area contributed by atoms with Crippen molar-refractivity contribution in [3.63, 3.8) is 0 Å². The smallest absolute Gasteiger partial charge is 0.158 e. The first-order valence-electron chi connectivity index (χ1n) is 8.43. The fourth-order valence-corrected chi connectivity index (χ4v) is 3.36. The first kappa shape index (κ1) is 17.1. The third-order valence-electron chi connectivity index (χ3n) is 4.71. The summed E-state index contributed by atoms with van der Waals surface area (Å²) >= 11 is 0. The van der Waals surface area contributed by atoms with Gasteiger partial charge < -0.3 is 19.0 Å². The Morgan fingerprint density at radius 2 is 2.21 bits per heavy atom. The molecule has 0 amide bonds. The van der Waals surface area contributed by atoms with Gasteiger partial charge in [-0.25, -0.2) is 4.98 Å². The molecule has 0 saturated carbocycles. The van der Waals surface area contributed by atoms with Gasteiger partial charge in [0.15, 0.2) is 5.82 Å². The third kappa shape index (κ3) is 3.66. The lowest BCUT2D eigenvalue weighted by Gasteiger charge is -2.32. The number of nitrogens with zero attached hydrogens (tertiary/aromatic N) is 6. The van der Waals surface area contributed by atoms with Gasteiger partial charge in [0.25, 0.3) is 0 Å².